The van der Waals surface area contributed by atoms with Crippen molar-refractivity contribution in [3.05, 3.63) is 47.5 Å². The van der Waals surface area contributed by atoms with E-state index in [9.17, 15) is 4.79 Å². The van der Waals surface area contributed by atoms with Crippen molar-refractivity contribution in [3.63, 3.8) is 0 Å². The van der Waals surface area contributed by atoms with Gasteiger partial charge in [0, 0.05) is 30.3 Å². The molecule has 0 aromatic heterocycles. The van der Waals surface area contributed by atoms with Gasteiger partial charge in [-0.2, -0.15) is 0 Å². The quantitative estimate of drug-likeness (QED) is 0.861. The number of carbonyl (C=O) groups is 1. The molecule has 2 aromatic carbocycles. The number of rotatable bonds is 2. The first kappa shape index (κ1) is 13.4. The van der Waals surface area contributed by atoms with E-state index in [0.717, 1.165) is 29.4 Å². The maximum Gasteiger partial charge on any atom is 0.251 e. The fraction of sp³-hybridized carbons (Fsp3) is 0.316. The van der Waals surface area contributed by atoms with Gasteiger partial charge in [-0.05, 0) is 47.9 Å². The van der Waals surface area contributed by atoms with Crippen molar-refractivity contribution < 1.29 is 4.79 Å². The summed E-state index contributed by atoms with van der Waals surface area (Å²) in [5.74, 6) is 3.32. The number of nitrogens with one attached hydrogen (secondary N) is 1. The first-order chi connectivity index (χ1) is 10.7. The highest BCUT2D eigenvalue weighted by Gasteiger charge is 2.38. The predicted octanol–water partition coefficient (Wildman–Crippen LogP) is 2.25. The highest BCUT2D eigenvalue weighted by molar-refractivity contribution is 6.00. The molecule has 110 valence electrons. The van der Waals surface area contributed by atoms with E-state index in [-0.39, 0.29) is 5.91 Å². The van der Waals surface area contributed by atoms with Crippen LogP contribution in [0.1, 0.15) is 22.3 Å². The number of piperidine rings is 1. The first-order valence-electron chi connectivity index (χ1n) is 7.77. The van der Waals surface area contributed by atoms with Gasteiger partial charge in [0.15, 0.2) is 0 Å². The molecule has 2 aliphatic rings. The molecule has 0 aliphatic carbocycles. The van der Waals surface area contributed by atoms with Crippen LogP contribution in [0.5, 0.6) is 0 Å². The molecule has 2 aromatic rings. The number of hydrogen-bond acceptors (Lipinski definition) is 2. The Kier molecular flexibility index (Phi) is 3.13. The number of nitrogens with zero attached hydrogens (tertiary/aromatic N) is 1. The number of amides is 1. The lowest BCUT2D eigenvalue weighted by atomic mass is 9.98. The van der Waals surface area contributed by atoms with Gasteiger partial charge in [-0.3, -0.25) is 4.79 Å². The largest absolute Gasteiger partial charge is 0.348 e. The molecular weight excluding hydrogens is 272 g/mol. The van der Waals surface area contributed by atoms with Crippen LogP contribution in [0.3, 0.4) is 0 Å². The molecule has 4 rings (SSSR count). The summed E-state index contributed by atoms with van der Waals surface area (Å²) in [6.45, 7) is 3.29. The van der Waals surface area contributed by atoms with Gasteiger partial charge in [-0.1, -0.05) is 24.1 Å². The molecule has 2 bridgehead atoms. The Bertz CT molecular complexity index is 790. The van der Waals surface area contributed by atoms with Crippen molar-refractivity contribution in [1.82, 2.24) is 10.2 Å². The molecular formula is C19H18N2O. The predicted molar refractivity (Wildman–Crippen MR) is 87.7 cm³/mol. The van der Waals surface area contributed by atoms with E-state index in [1.807, 2.05) is 36.4 Å². The van der Waals surface area contributed by atoms with E-state index in [1.54, 1.807) is 0 Å². The summed E-state index contributed by atoms with van der Waals surface area (Å²) >= 11 is 0. The Labute approximate surface area is 130 Å². The molecule has 2 aliphatic heterocycles. The topological polar surface area (TPSA) is 32.3 Å². The zero-order chi connectivity index (χ0) is 15.1. The standard InChI is InChI=1S/C19H18N2O/c1-2-13-4-3-5-14-6-7-15(10-17(13)14)19(22)20-18-12-21-9-8-16(18)11-21/h1,3-7,10,16,18H,8-9,11-12H2,(H,20,22). The lowest BCUT2D eigenvalue weighted by Crippen LogP contribution is -2.43. The number of carbonyl (C=O) groups excluding carboxylic acids is 1. The average Bonchev–Trinajstić information content (AvgIpc) is 3.16. The minimum absolute atomic E-state index is 0.00692. The summed E-state index contributed by atoms with van der Waals surface area (Å²) in [4.78, 5) is 15.0. The number of hydrogen-bond donors (Lipinski definition) is 1. The average molecular weight is 290 g/mol. The van der Waals surface area contributed by atoms with Crippen LogP contribution in [0.4, 0.5) is 0 Å². The second kappa shape index (κ2) is 5.15. The third-order valence-electron chi connectivity index (χ3n) is 4.95. The fourth-order valence-electron chi connectivity index (χ4n) is 3.74. The Morgan fingerprint density at radius 1 is 1.27 bits per heavy atom. The van der Waals surface area contributed by atoms with E-state index < -0.39 is 0 Å². The third kappa shape index (κ3) is 2.17. The van der Waals surface area contributed by atoms with Crippen LogP contribution in [-0.4, -0.2) is 36.5 Å². The van der Waals surface area contributed by atoms with Crippen LogP contribution in [0.25, 0.3) is 10.8 Å². The highest BCUT2D eigenvalue weighted by atomic mass is 16.1. The smallest absolute Gasteiger partial charge is 0.251 e. The van der Waals surface area contributed by atoms with E-state index >= 15 is 0 Å². The minimum atomic E-state index is 0.00692. The van der Waals surface area contributed by atoms with Crippen molar-refractivity contribution in [2.24, 2.45) is 5.92 Å². The summed E-state index contributed by atoms with van der Waals surface area (Å²) < 4.78 is 0. The number of terminal acetylenes is 1. The van der Waals surface area contributed by atoms with E-state index in [1.165, 1.54) is 13.0 Å². The van der Waals surface area contributed by atoms with Gasteiger partial charge in [0.1, 0.15) is 0 Å². The third-order valence-corrected chi connectivity index (χ3v) is 4.95. The van der Waals surface area contributed by atoms with Crippen LogP contribution in [0, 0.1) is 18.3 Å². The maximum absolute atomic E-state index is 12.5. The SMILES string of the molecule is C#Cc1cccc2ccc(C(=O)NC3CN4CCC3C4)cc12. The molecule has 2 heterocycles. The lowest BCUT2D eigenvalue weighted by Gasteiger charge is -2.23. The zero-order valence-electron chi connectivity index (χ0n) is 12.4. The molecule has 1 amide bonds. The summed E-state index contributed by atoms with van der Waals surface area (Å²) in [7, 11) is 0. The van der Waals surface area contributed by atoms with Crippen LogP contribution in [0.2, 0.25) is 0 Å². The maximum atomic E-state index is 12.5. The van der Waals surface area contributed by atoms with Gasteiger partial charge in [-0.25, -0.2) is 0 Å². The molecule has 3 atom stereocenters. The Morgan fingerprint density at radius 2 is 2.18 bits per heavy atom. The van der Waals surface area contributed by atoms with Crippen LogP contribution in [-0.2, 0) is 0 Å². The van der Waals surface area contributed by atoms with E-state index in [0.29, 0.717) is 17.5 Å². The van der Waals surface area contributed by atoms with E-state index in [2.05, 4.69) is 16.1 Å². The normalized spacial score (nSPS) is 26.0. The number of fused-ring (bicyclic) bond motifs is 3. The molecule has 3 nitrogen and oxygen atoms in total. The van der Waals surface area contributed by atoms with Crippen molar-refractivity contribution in [2.75, 3.05) is 19.6 Å². The summed E-state index contributed by atoms with van der Waals surface area (Å²) in [6.07, 6.45) is 6.76. The molecule has 3 unspecified atom stereocenters. The van der Waals surface area contributed by atoms with Gasteiger partial charge >= 0.3 is 0 Å². The number of benzene rings is 2. The van der Waals surface area contributed by atoms with Crippen LogP contribution < -0.4 is 5.32 Å². The van der Waals surface area contributed by atoms with Crippen molar-refractivity contribution in [1.29, 1.82) is 0 Å². The molecule has 3 heteroatoms. The van der Waals surface area contributed by atoms with Gasteiger partial charge in [0.25, 0.3) is 5.91 Å². The summed E-state index contributed by atoms with van der Waals surface area (Å²) in [6, 6.07) is 11.9. The van der Waals surface area contributed by atoms with Crippen molar-refractivity contribution in [2.45, 2.75) is 12.5 Å². The molecule has 0 radical (unpaired) electrons. The molecule has 2 saturated heterocycles. The van der Waals surface area contributed by atoms with E-state index in [4.69, 9.17) is 6.42 Å². The van der Waals surface area contributed by atoms with Crippen molar-refractivity contribution >= 4 is 16.7 Å². The molecule has 0 spiro atoms. The molecule has 0 saturated carbocycles. The fourth-order valence-corrected chi connectivity index (χ4v) is 3.74. The van der Waals surface area contributed by atoms with Gasteiger partial charge < -0.3 is 10.2 Å². The summed E-state index contributed by atoms with van der Waals surface area (Å²) in [5, 5.41) is 5.23. The molecule has 22 heavy (non-hydrogen) atoms. The monoisotopic (exact) mass is 290 g/mol. The Hall–Kier alpha value is -2.31. The summed E-state index contributed by atoms with van der Waals surface area (Å²) in [5.41, 5.74) is 1.52. The van der Waals surface area contributed by atoms with Crippen LogP contribution >= 0.6 is 0 Å². The molecule has 2 fully saturated rings. The second-order valence-corrected chi connectivity index (χ2v) is 6.27. The first-order valence-corrected chi connectivity index (χ1v) is 7.77. The molecule has 1 N–H and O–H groups in total. The van der Waals surface area contributed by atoms with Gasteiger partial charge in [0.05, 0.1) is 0 Å². The van der Waals surface area contributed by atoms with Gasteiger partial charge in [-0.15, -0.1) is 6.42 Å². The Morgan fingerprint density at radius 3 is 2.91 bits per heavy atom. The zero-order valence-corrected chi connectivity index (χ0v) is 12.4. The van der Waals surface area contributed by atoms with Crippen LogP contribution in [0.15, 0.2) is 36.4 Å². The second-order valence-electron chi connectivity index (χ2n) is 6.27. The minimum Gasteiger partial charge on any atom is -0.348 e. The van der Waals surface area contributed by atoms with Crippen molar-refractivity contribution in [3.8, 4) is 12.3 Å². The van der Waals surface area contributed by atoms with Gasteiger partial charge in [0.2, 0.25) is 0 Å². The highest BCUT2D eigenvalue weighted by Crippen LogP contribution is 2.28. The Balaban J connectivity index is 1.61. The lowest BCUT2D eigenvalue weighted by molar-refractivity contribution is 0.0924.